The molecule has 0 bridgehead atoms. The van der Waals surface area contributed by atoms with Gasteiger partial charge in [0.05, 0.1) is 0 Å². The molecule has 1 aliphatic rings. The molecule has 156 valence electrons. The molecule has 0 atom stereocenters. The molecule has 2 aromatic rings. The average molecular weight is 405 g/mol. The van der Waals surface area contributed by atoms with Crippen molar-refractivity contribution in [2.45, 2.75) is 12.3 Å². The van der Waals surface area contributed by atoms with E-state index in [-0.39, 0.29) is 0 Å². The van der Waals surface area contributed by atoms with Crippen LogP contribution in [0.5, 0.6) is 0 Å². The van der Waals surface area contributed by atoms with Crippen molar-refractivity contribution in [2.24, 2.45) is 0 Å². The van der Waals surface area contributed by atoms with E-state index >= 15 is 0 Å². The number of carboxylic acids is 2. The molecule has 0 unspecified atom stereocenters. The van der Waals surface area contributed by atoms with Gasteiger partial charge in [0.15, 0.2) is 0 Å². The van der Waals surface area contributed by atoms with Crippen molar-refractivity contribution in [1.82, 2.24) is 4.90 Å². The first kappa shape index (κ1) is 22.8. The molecule has 2 aromatic carbocycles. The number of hydrogen-bond acceptors (Lipinski definition) is 3. The molecule has 5 heteroatoms. The average Bonchev–Trinajstić information content (AvgIpc) is 2.87. The molecule has 3 rings (SSSR count). The number of rotatable bonds is 6. The number of carbonyl (C=O) groups is 2. The third-order valence-corrected chi connectivity index (χ3v) is 4.54. The van der Waals surface area contributed by atoms with Gasteiger partial charge in [-0.25, -0.2) is 9.59 Å². The molecule has 0 saturated carbocycles. The topological polar surface area (TPSA) is 77.8 Å². The minimum Gasteiger partial charge on any atom is -0.478 e. The molecule has 0 heterocycles. The van der Waals surface area contributed by atoms with Crippen LogP contribution >= 0.6 is 0 Å². The van der Waals surface area contributed by atoms with Crippen LogP contribution in [0.1, 0.15) is 34.6 Å². The van der Waals surface area contributed by atoms with Crippen molar-refractivity contribution < 1.29 is 19.8 Å². The molecule has 1 aliphatic carbocycles. The van der Waals surface area contributed by atoms with Crippen molar-refractivity contribution in [3.63, 3.8) is 0 Å². The summed E-state index contributed by atoms with van der Waals surface area (Å²) in [6.45, 7) is 1.09. The van der Waals surface area contributed by atoms with E-state index in [2.05, 4.69) is 91.8 Å². The van der Waals surface area contributed by atoms with Crippen molar-refractivity contribution in [3.05, 3.63) is 95.1 Å². The molecule has 0 saturated heterocycles. The number of fused-ring (bicyclic) bond motifs is 2. The molecule has 0 spiro atoms. The zero-order chi connectivity index (χ0) is 21.9. The SMILES string of the molecule is CN(C)CC/C=C/C1c2ccccc2C=Cc2ccccc21.O=C(O)/C=C/C(=O)O. The molecule has 0 radical (unpaired) electrons. The van der Waals surface area contributed by atoms with Gasteiger partial charge >= 0.3 is 11.9 Å². The summed E-state index contributed by atoms with van der Waals surface area (Å²) in [6.07, 6.45) is 11.4. The highest BCUT2D eigenvalue weighted by atomic mass is 16.4. The van der Waals surface area contributed by atoms with Crippen LogP contribution in [0.15, 0.2) is 72.8 Å². The molecule has 2 N–H and O–H groups in total. The zero-order valence-electron chi connectivity index (χ0n) is 17.2. The van der Waals surface area contributed by atoms with E-state index in [1.165, 1.54) is 22.3 Å². The van der Waals surface area contributed by atoms with Gasteiger partial charge in [0.25, 0.3) is 0 Å². The van der Waals surface area contributed by atoms with Gasteiger partial charge in [0.1, 0.15) is 0 Å². The van der Waals surface area contributed by atoms with Gasteiger partial charge < -0.3 is 15.1 Å². The van der Waals surface area contributed by atoms with Crippen LogP contribution in [0.4, 0.5) is 0 Å². The van der Waals surface area contributed by atoms with Gasteiger partial charge in [-0.3, -0.25) is 0 Å². The maximum atomic E-state index is 9.55. The first-order valence-corrected chi connectivity index (χ1v) is 9.69. The van der Waals surface area contributed by atoms with Gasteiger partial charge in [0.2, 0.25) is 0 Å². The fourth-order valence-corrected chi connectivity index (χ4v) is 3.15. The summed E-state index contributed by atoms with van der Waals surface area (Å²) >= 11 is 0. The van der Waals surface area contributed by atoms with E-state index < -0.39 is 11.9 Å². The largest absolute Gasteiger partial charge is 0.478 e. The summed E-state index contributed by atoms with van der Waals surface area (Å²) in [7, 11) is 4.24. The lowest BCUT2D eigenvalue weighted by Crippen LogP contribution is -2.12. The van der Waals surface area contributed by atoms with Gasteiger partial charge in [-0.05, 0) is 42.8 Å². The molecular formula is C25H27NO4. The Bertz CT molecular complexity index is 892. The Kier molecular flexibility index (Phi) is 8.78. The number of carboxylic acid groups (broad SMARTS) is 2. The lowest BCUT2D eigenvalue weighted by molar-refractivity contribution is -0.134. The van der Waals surface area contributed by atoms with Gasteiger partial charge in [0, 0.05) is 24.6 Å². The molecule has 0 amide bonds. The smallest absolute Gasteiger partial charge is 0.328 e. The van der Waals surface area contributed by atoms with E-state index in [0.717, 1.165) is 13.0 Å². The van der Waals surface area contributed by atoms with Crippen molar-refractivity contribution in [3.8, 4) is 0 Å². The van der Waals surface area contributed by atoms with E-state index in [1.54, 1.807) is 0 Å². The monoisotopic (exact) mass is 405 g/mol. The summed E-state index contributed by atoms with van der Waals surface area (Å²) in [5.74, 6) is -2.18. The Morgan fingerprint density at radius 1 is 0.867 bits per heavy atom. The Hall–Kier alpha value is -3.44. The Morgan fingerprint density at radius 3 is 1.77 bits per heavy atom. The fraction of sp³-hybridized carbons (Fsp3) is 0.200. The van der Waals surface area contributed by atoms with Gasteiger partial charge in [-0.15, -0.1) is 0 Å². The molecule has 30 heavy (non-hydrogen) atoms. The summed E-state index contributed by atoms with van der Waals surface area (Å²) in [5, 5.41) is 15.6. The second kappa shape index (κ2) is 11.5. The van der Waals surface area contributed by atoms with Crippen LogP contribution in [0.2, 0.25) is 0 Å². The van der Waals surface area contributed by atoms with Crippen molar-refractivity contribution in [2.75, 3.05) is 20.6 Å². The van der Waals surface area contributed by atoms with Gasteiger partial charge in [-0.1, -0.05) is 72.8 Å². The van der Waals surface area contributed by atoms with Crippen LogP contribution in [-0.2, 0) is 9.59 Å². The van der Waals surface area contributed by atoms with Crippen LogP contribution < -0.4 is 0 Å². The zero-order valence-corrected chi connectivity index (χ0v) is 17.2. The Labute approximate surface area is 177 Å². The molecular weight excluding hydrogens is 378 g/mol. The van der Waals surface area contributed by atoms with E-state index in [1.807, 2.05) is 0 Å². The minimum atomic E-state index is -1.26. The van der Waals surface area contributed by atoms with Crippen LogP contribution in [-0.4, -0.2) is 47.7 Å². The lowest BCUT2D eigenvalue weighted by atomic mass is 9.87. The number of aliphatic carboxylic acids is 2. The van der Waals surface area contributed by atoms with E-state index in [0.29, 0.717) is 18.1 Å². The summed E-state index contributed by atoms with van der Waals surface area (Å²) in [4.78, 5) is 21.3. The lowest BCUT2D eigenvalue weighted by Gasteiger charge is -2.17. The standard InChI is InChI=1S/C21H23N.C4H4O4/c1-22(2)16-8-7-13-21-19-11-5-3-9-17(19)14-15-18-10-4-6-12-20(18)21;5-3(6)1-2-4(7)8/h3-7,9-15,21H,8,16H2,1-2H3;1-2H,(H,5,6)(H,7,8)/b13-7+;2-1+. The fourth-order valence-electron chi connectivity index (χ4n) is 3.15. The van der Waals surface area contributed by atoms with Crippen LogP contribution in [0, 0.1) is 0 Å². The molecule has 0 aliphatic heterocycles. The molecule has 0 fully saturated rings. The molecule has 5 nitrogen and oxygen atoms in total. The number of benzene rings is 2. The summed E-state index contributed by atoms with van der Waals surface area (Å²) in [6, 6.07) is 17.4. The minimum absolute atomic E-state index is 0.338. The number of hydrogen-bond donors (Lipinski definition) is 2. The maximum absolute atomic E-state index is 9.55. The highest BCUT2D eigenvalue weighted by Crippen LogP contribution is 2.35. The van der Waals surface area contributed by atoms with Crippen molar-refractivity contribution in [1.29, 1.82) is 0 Å². The first-order chi connectivity index (χ1) is 14.4. The predicted molar refractivity (Wildman–Crippen MR) is 120 cm³/mol. The van der Waals surface area contributed by atoms with E-state index in [4.69, 9.17) is 10.2 Å². The number of nitrogens with zero attached hydrogens (tertiary/aromatic N) is 1. The van der Waals surface area contributed by atoms with Crippen LogP contribution in [0.3, 0.4) is 0 Å². The summed E-state index contributed by atoms with van der Waals surface area (Å²) < 4.78 is 0. The Balaban J connectivity index is 0.000000343. The van der Waals surface area contributed by atoms with Crippen molar-refractivity contribution >= 4 is 24.1 Å². The highest BCUT2D eigenvalue weighted by Gasteiger charge is 2.18. The first-order valence-electron chi connectivity index (χ1n) is 9.69. The third-order valence-electron chi connectivity index (χ3n) is 4.54. The Morgan fingerprint density at radius 2 is 1.33 bits per heavy atom. The molecule has 0 aromatic heterocycles. The van der Waals surface area contributed by atoms with Crippen LogP contribution in [0.25, 0.3) is 12.2 Å². The highest BCUT2D eigenvalue weighted by molar-refractivity contribution is 5.89. The second-order valence-electron chi connectivity index (χ2n) is 7.10. The number of allylic oxidation sites excluding steroid dienone is 1. The second-order valence-corrected chi connectivity index (χ2v) is 7.10. The summed E-state index contributed by atoms with van der Waals surface area (Å²) in [5.41, 5.74) is 5.43. The predicted octanol–water partition coefficient (Wildman–Crippen LogP) is 4.52. The van der Waals surface area contributed by atoms with E-state index in [9.17, 15) is 9.59 Å². The quantitative estimate of drug-likeness (QED) is 0.546. The third kappa shape index (κ3) is 7.18. The van der Waals surface area contributed by atoms with Gasteiger partial charge in [-0.2, -0.15) is 0 Å². The maximum Gasteiger partial charge on any atom is 0.328 e. The normalized spacial score (nSPS) is 12.9.